The molecule has 38 heavy (non-hydrogen) atoms. The van der Waals surface area contributed by atoms with E-state index in [-0.39, 0.29) is 34.1 Å². The molecule has 0 spiro atoms. The van der Waals surface area contributed by atoms with Crippen LogP contribution in [-0.2, 0) is 6.42 Å². The van der Waals surface area contributed by atoms with E-state index in [1.807, 2.05) is 44.2 Å². The summed E-state index contributed by atoms with van der Waals surface area (Å²) in [6.45, 7) is 6.18. The molecular formula is C31H33FN2O4. The Morgan fingerprint density at radius 3 is 2.47 bits per heavy atom. The Labute approximate surface area is 221 Å². The van der Waals surface area contributed by atoms with Crippen molar-refractivity contribution >= 4 is 16.9 Å². The minimum atomic E-state index is -0.642. The third-order valence-corrected chi connectivity index (χ3v) is 6.74. The smallest absolute Gasteiger partial charge is 0.254 e. The third kappa shape index (κ3) is 5.63. The van der Waals surface area contributed by atoms with Crippen molar-refractivity contribution in [2.45, 2.75) is 39.7 Å². The Morgan fingerprint density at radius 1 is 1.08 bits per heavy atom. The highest BCUT2D eigenvalue weighted by molar-refractivity contribution is 5.94. The average molecular weight is 517 g/mol. The SMILES string of the molecule is Cc1ccc(C(=O)N(CCCN)C(c2oc3cc(O)ccc3c(=O)c2Cc2ccccc2)C(C)C)cc1F. The second-order valence-corrected chi connectivity index (χ2v) is 9.91. The van der Waals surface area contributed by atoms with Crippen LogP contribution in [0.15, 0.2) is 75.9 Å². The molecule has 0 aliphatic heterocycles. The number of nitrogens with two attached hydrogens (primary N) is 1. The largest absolute Gasteiger partial charge is 0.508 e. The molecule has 7 heteroatoms. The Morgan fingerprint density at radius 2 is 1.82 bits per heavy atom. The monoisotopic (exact) mass is 516 g/mol. The zero-order valence-electron chi connectivity index (χ0n) is 21.9. The van der Waals surface area contributed by atoms with Crippen LogP contribution in [0.3, 0.4) is 0 Å². The number of amides is 1. The van der Waals surface area contributed by atoms with Gasteiger partial charge in [0, 0.05) is 30.2 Å². The molecule has 1 unspecified atom stereocenters. The maximum Gasteiger partial charge on any atom is 0.254 e. The Balaban J connectivity index is 1.94. The van der Waals surface area contributed by atoms with Crippen molar-refractivity contribution in [1.29, 1.82) is 0 Å². The molecule has 1 amide bonds. The van der Waals surface area contributed by atoms with E-state index < -0.39 is 11.9 Å². The molecule has 3 aromatic carbocycles. The van der Waals surface area contributed by atoms with E-state index in [0.717, 1.165) is 5.56 Å². The van der Waals surface area contributed by atoms with Gasteiger partial charge in [0.2, 0.25) is 0 Å². The van der Waals surface area contributed by atoms with Gasteiger partial charge >= 0.3 is 0 Å². The minimum absolute atomic E-state index is 0.0327. The van der Waals surface area contributed by atoms with Crippen LogP contribution in [0.25, 0.3) is 11.0 Å². The number of nitrogens with zero attached hydrogens (tertiary/aromatic N) is 1. The van der Waals surface area contributed by atoms with Crippen LogP contribution in [0.4, 0.5) is 4.39 Å². The number of benzene rings is 3. The predicted octanol–water partition coefficient (Wildman–Crippen LogP) is 5.73. The summed E-state index contributed by atoms with van der Waals surface area (Å²) in [5.41, 5.74) is 7.85. The van der Waals surface area contributed by atoms with E-state index >= 15 is 0 Å². The van der Waals surface area contributed by atoms with E-state index in [9.17, 15) is 19.1 Å². The molecule has 1 heterocycles. The first kappa shape index (κ1) is 27.1. The molecule has 0 bridgehead atoms. The summed E-state index contributed by atoms with van der Waals surface area (Å²) in [4.78, 5) is 29.3. The van der Waals surface area contributed by atoms with Gasteiger partial charge in [-0.25, -0.2) is 4.39 Å². The summed E-state index contributed by atoms with van der Waals surface area (Å²) >= 11 is 0. The van der Waals surface area contributed by atoms with Gasteiger partial charge < -0.3 is 20.2 Å². The van der Waals surface area contributed by atoms with Gasteiger partial charge in [0.1, 0.15) is 22.9 Å². The lowest BCUT2D eigenvalue weighted by atomic mass is 9.91. The number of phenols is 1. The first-order valence-corrected chi connectivity index (χ1v) is 12.8. The molecule has 0 aliphatic carbocycles. The Kier molecular flexibility index (Phi) is 8.27. The Hall–Kier alpha value is -3.97. The average Bonchev–Trinajstić information content (AvgIpc) is 2.89. The zero-order valence-corrected chi connectivity index (χ0v) is 21.9. The van der Waals surface area contributed by atoms with Crippen molar-refractivity contribution in [3.63, 3.8) is 0 Å². The maximum atomic E-state index is 14.4. The molecule has 1 atom stereocenters. The van der Waals surface area contributed by atoms with Crippen molar-refractivity contribution in [3.8, 4) is 5.75 Å². The van der Waals surface area contributed by atoms with Crippen LogP contribution < -0.4 is 11.2 Å². The summed E-state index contributed by atoms with van der Waals surface area (Å²) < 4.78 is 20.8. The van der Waals surface area contributed by atoms with Crippen molar-refractivity contribution in [1.82, 2.24) is 4.90 Å². The molecule has 3 N–H and O–H groups in total. The molecule has 0 radical (unpaired) electrons. The van der Waals surface area contributed by atoms with Gasteiger partial charge in [-0.1, -0.05) is 50.2 Å². The van der Waals surface area contributed by atoms with Crippen LogP contribution in [0, 0.1) is 18.7 Å². The lowest BCUT2D eigenvalue weighted by molar-refractivity contribution is 0.0587. The molecule has 0 fully saturated rings. The van der Waals surface area contributed by atoms with Gasteiger partial charge in [-0.2, -0.15) is 0 Å². The topological polar surface area (TPSA) is 96.8 Å². The minimum Gasteiger partial charge on any atom is -0.508 e. The molecule has 1 aromatic heterocycles. The second kappa shape index (κ2) is 11.6. The van der Waals surface area contributed by atoms with E-state index in [4.69, 9.17) is 10.2 Å². The van der Waals surface area contributed by atoms with Crippen LogP contribution >= 0.6 is 0 Å². The van der Waals surface area contributed by atoms with E-state index in [0.29, 0.717) is 48.2 Å². The van der Waals surface area contributed by atoms with Crippen LogP contribution in [0.1, 0.15) is 59.1 Å². The lowest BCUT2D eigenvalue weighted by Gasteiger charge is -2.35. The number of aromatic hydroxyl groups is 1. The fourth-order valence-electron chi connectivity index (χ4n) is 4.77. The fourth-order valence-corrected chi connectivity index (χ4v) is 4.77. The summed E-state index contributed by atoms with van der Waals surface area (Å²) in [6, 6.07) is 17.8. The third-order valence-electron chi connectivity index (χ3n) is 6.74. The van der Waals surface area contributed by atoms with E-state index in [1.165, 1.54) is 18.2 Å². The maximum absolute atomic E-state index is 14.4. The number of halogens is 1. The number of carbonyl (C=O) groups is 1. The van der Waals surface area contributed by atoms with Gasteiger partial charge in [-0.3, -0.25) is 9.59 Å². The summed E-state index contributed by atoms with van der Waals surface area (Å²) in [7, 11) is 0. The van der Waals surface area contributed by atoms with Crippen molar-refractivity contribution in [2.75, 3.05) is 13.1 Å². The molecule has 0 saturated heterocycles. The lowest BCUT2D eigenvalue weighted by Crippen LogP contribution is -2.40. The molecule has 0 saturated carbocycles. The van der Waals surface area contributed by atoms with Crippen LogP contribution in [0.5, 0.6) is 5.75 Å². The van der Waals surface area contributed by atoms with Gasteiger partial charge in [0.15, 0.2) is 5.43 Å². The number of rotatable bonds is 9. The van der Waals surface area contributed by atoms with Crippen molar-refractivity contribution in [3.05, 3.63) is 111 Å². The summed E-state index contributed by atoms with van der Waals surface area (Å²) in [6.07, 6.45) is 0.812. The number of carbonyl (C=O) groups excluding carboxylic acids is 1. The van der Waals surface area contributed by atoms with Crippen LogP contribution in [-0.4, -0.2) is 29.0 Å². The first-order chi connectivity index (χ1) is 18.2. The van der Waals surface area contributed by atoms with Gasteiger partial charge in [0.25, 0.3) is 5.91 Å². The number of fused-ring (bicyclic) bond motifs is 1. The number of hydrogen-bond donors (Lipinski definition) is 2. The van der Waals surface area contributed by atoms with Gasteiger partial charge in [0.05, 0.1) is 11.4 Å². The Bertz CT molecular complexity index is 1500. The highest BCUT2D eigenvalue weighted by atomic mass is 19.1. The van der Waals surface area contributed by atoms with Crippen molar-refractivity contribution in [2.24, 2.45) is 11.7 Å². The first-order valence-electron chi connectivity index (χ1n) is 12.8. The molecule has 4 rings (SSSR count). The molecule has 0 aliphatic rings. The number of phenolic OH excluding ortho intramolecular Hbond substituents is 1. The second-order valence-electron chi connectivity index (χ2n) is 9.91. The number of aryl methyl sites for hydroxylation is 1. The summed E-state index contributed by atoms with van der Waals surface area (Å²) in [5, 5.41) is 10.4. The van der Waals surface area contributed by atoms with Gasteiger partial charge in [-0.05, 0) is 61.2 Å². The predicted molar refractivity (Wildman–Crippen MR) is 147 cm³/mol. The molecule has 6 nitrogen and oxygen atoms in total. The molecular weight excluding hydrogens is 483 g/mol. The highest BCUT2D eigenvalue weighted by Crippen LogP contribution is 2.35. The van der Waals surface area contributed by atoms with Crippen LogP contribution in [0.2, 0.25) is 0 Å². The normalized spacial score (nSPS) is 12.2. The highest BCUT2D eigenvalue weighted by Gasteiger charge is 2.34. The van der Waals surface area contributed by atoms with E-state index in [2.05, 4.69) is 0 Å². The standard InChI is InChI=1S/C31H33FN2O4/c1-19(2)28(34(15-7-14-33)31(37)22-11-10-20(3)26(32)17-22)30-25(16-21-8-5-4-6-9-21)29(36)24-13-12-23(35)18-27(24)38-30/h4-6,8-13,17-19,28,35H,7,14-16,33H2,1-3H3. The van der Waals surface area contributed by atoms with E-state index in [1.54, 1.807) is 30.0 Å². The summed E-state index contributed by atoms with van der Waals surface area (Å²) in [5.74, 6) is -0.687. The number of hydrogen-bond acceptors (Lipinski definition) is 5. The molecule has 198 valence electrons. The zero-order chi connectivity index (χ0) is 27.4. The van der Waals surface area contributed by atoms with Crippen molar-refractivity contribution < 1.29 is 18.7 Å². The fraction of sp³-hybridized carbons (Fsp3) is 0.290. The molecule has 4 aromatic rings. The quantitative estimate of drug-likeness (QED) is 0.296. The van der Waals surface area contributed by atoms with Gasteiger partial charge in [-0.15, -0.1) is 0 Å².